The van der Waals surface area contributed by atoms with Crippen molar-refractivity contribution in [2.75, 3.05) is 26.8 Å². The van der Waals surface area contributed by atoms with Gasteiger partial charge < -0.3 is 20.7 Å². The number of rotatable bonds is 6. The van der Waals surface area contributed by atoms with Crippen LogP contribution in [0, 0.1) is 5.92 Å². The molecule has 0 aliphatic carbocycles. The van der Waals surface area contributed by atoms with Crippen LogP contribution in [0.3, 0.4) is 0 Å². The van der Waals surface area contributed by atoms with Crippen molar-refractivity contribution in [1.82, 2.24) is 16.0 Å². The fraction of sp³-hybridized carbons (Fsp3) is 0.846. The third kappa shape index (κ3) is 5.16. The Morgan fingerprint density at radius 1 is 1.47 bits per heavy atom. The third-order valence-corrected chi connectivity index (χ3v) is 3.41. The highest BCUT2D eigenvalue weighted by molar-refractivity contribution is 5.89. The van der Waals surface area contributed by atoms with E-state index in [-0.39, 0.29) is 17.9 Å². The first-order valence-electron chi connectivity index (χ1n) is 6.86. The zero-order valence-corrected chi connectivity index (χ0v) is 12.0. The number of amides is 2. The van der Waals surface area contributed by atoms with Crippen molar-refractivity contribution in [3.8, 4) is 0 Å². The molecule has 110 valence electrons. The highest BCUT2D eigenvalue weighted by Crippen LogP contribution is 2.15. The van der Waals surface area contributed by atoms with E-state index < -0.39 is 6.04 Å². The van der Waals surface area contributed by atoms with Gasteiger partial charge in [-0.3, -0.25) is 9.59 Å². The molecule has 0 saturated carbocycles. The smallest absolute Gasteiger partial charge is 0.242 e. The second-order valence-electron chi connectivity index (χ2n) is 5.07. The Kier molecular flexibility index (Phi) is 6.80. The molecule has 0 aromatic heterocycles. The molecule has 3 unspecified atom stereocenters. The topological polar surface area (TPSA) is 79.5 Å². The van der Waals surface area contributed by atoms with Crippen molar-refractivity contribution in [1.29, 1.82) is 0 Å². The van der Waals surface area contributed by atoms with Crippen LogP contribution in [0.4, 0.5) is 0 Å². The first-order chi connectivity index (χ1) is 9.06. The molecule has 0 aromatic carbocycles. The number of hydrogen-bond donors (Lipinski definition) is 3. The van der Waals surface area contributed by atoms with Gasteiger partial charge in [0.15, 0.2) is 0 Å². The molecule has 1 aliphatic heterocycles. The van der Waals surface area contributed by atoms with Gasteiger partial charge in [0.05, 0.1) is 12.6 Å². The molecule has 6 heteroatoms. The lowest BCUT2D eigenvalue weighted by atomic mass is 9.92. The normalized spacial score (nSPS) is 24.6. The Labute approximate surface area is 114 Å². The van der Waals surface area contributed by atoms with Gasteiger partial charge >= 0.3 is 0 Å². The predicted molar refractivity (Wildman–Crippen MR) is 72.7 cm³/mol. The predicted octanol–water partition coefficient (Wildman–Crippen LogP) is -0.358. The average Bonchev–Trinajstić information content (AvgIpc) is 2.39. The molecule has 6 nitrogen and oxygen atoms in total. The quantitative estimate of drug-likeness (QED) is 0.577. The third-order valence-electron chi connectivity index (χ3n) is 3.41. The van der Waals surface area contributed by atoms with E-state index in [2.05, 4.69) is 22.9 Å². The Morgan fingerprint density at radius 3 is 2.84 bits per heavy atom. The molecular weight excluding hydrogens is 246 g/mol. The maximum atomic E-state index is 12.1. The monoisotopic (exact) mass is 271 g/mol. The molecule has 1 rings (SSSR count). The lowest BCUT2D eigenvalue weighted by Gasteiger charge is -2.29. The minimum absolute atomic E-state index is 0.0957. The van der Waals surface area contributed by atoms with Crippen molar-refractivity contribution in [2.45, 2.75) is 38.8 Å². The van der Waals surface area contributed by atoms with Crippen LogP contribution in [0.1, 0.15) is 26.7 Å². The Morgan fingerprint density at radius 2 is 2.21 bits per heavy atom. The molecule has 1 saturated heterocycles. The van der Waals surface area contributed by atoms with Crippen molar-refractivity contribution >= 4 is 11.8 Å². The van der Waals surface area contributed by atoms with E-state index in [1.54, 1.807) is 14.0 Å². The second kappa shape index (κ2) is 8.12. The van der Waals surface area contributed by atoms with Gasteiger partial charge in [-0.25, -0.2) is 0 Å². The van der Waals surface area contributed by atoms with Crippen LogP contribution in [0.25, 0.3) is 0 Å². The van der Waals surface area contributed by atoms with E-state index in [0.29, 0.717) is 19.1 Å². The number of hydrogen-bond acceptors (Lipinski definition) is 4. The molecule has 3 atom stereocenters. The van der Waals surface area contributed by atoms with Crippen molar-refractivity contribution in [2.24, 2.45) is 5.92 Å². The van der Waals surface area contributed by atoms with Crippen LogP contribution >= 0.6 is 0 Å². The van der Waals surface area contributed by atoms with Gasteiger partial charge in [-0.2, -0.15) is 0 Å². The highest BCUT2D eigenvalue weighted by atomic mass is 16.5. The molecule has 19 heavy (non-hydrogen) atoms. The van der Waals surface area contributed by atoms with Crippen LogP contribution in [0.5, 0.6) is 0 Å². The van der Waals surface area contributed by atoms with Gasteiger partial charge in [0.25, 0.3) is 0 Å². The van der Waals surface area contributed by atoms with Crippen molar-refractivity contribution in [3.63, 3.8) is 0 Å². The number of methoxy groups -OCH3 is 1. The Balaban J connectivity index is 2.35. The summed E-state index contributed by atoms with van der Waals surface area (Å²) < 4.78 is 4.85. The molecule has 2 amide bonds. The molecule has 1 heterocycles. The van der Waals surface area contributed by atoms with Crippen LogP contribution < -0.4 is 16.0 Å². The van der Waals surface area contributed by atoms with E-state index in [1.807, 2.05) is 0 Å². The first-order valence-corrected chi connectivity index (χ1v) is 6.86. The maximum Gasteiger partial charge on any atom is 0.242 e. The van der Waals surface area contributed by atoms with E-state index in [4.69, 9.17) is 4.74 Å². The zero-order chi connectivity index (χ0) is 14.3. The summed E-state index contributed by atoms with van der Waals surface area (Å²) in [6.07, 6.45) is 2.14. The minimum atomic E-state index is -0.528. The molecule has 1 fully saturated rings. The van der Waals surface area contributed by atoms with Gasteiger partial charge in [-0.05, 0) is 32.2 Å². The van der Waals surface area contributed by atoms with Crippen molar-refractivity contribution < 1.29 is 14.3 Å². The van der Waals surface area contributed by atoms with Crippen LogP contribution in [-0.2, 0) is 14.3 Å². The first kappa shape index (κ1) is 15.9. The molecule has 0 aromatic rings. The minimum Gasteiger partial charge on any atom is -0.383 e. The molecule has 3 N–H and O–H groups in total. The van der Waals surface area contributed by atoms with Gasteiger partial charge in [-0.15, -0.1) is 0 Å². The average molecular weight is 271 g/mol. The molecule has 0 spiro atoms. The van der Waals surface area contributed by atoms with Gasteiger partial charge in [0.2, 0.25) is 11.8 Å². The van der Waals surface area contributed by atoms with Gasteiger partial charge in [0.1, 0.15) is 6.04 Å². The fourth-order valence-electron chi connectivity index (χ4n) is 2.20. The van der Waals surface area contributed by atoms with Crippen LogP contribution in [-0.4, -0.2) is 50.7 Å². The number of carbonyl (C=O) groups is 2. The van der Waals surface area contributed by atoms with Gasteiger partial charge in [0, 0.05) is 13.7 Å². The van der Waals surface area contributed by atoms with E-state index in [1.165, 1.54) is 0 Å². The standard InChI is InChI=1S/C13H25N3O3/c1-9-5-4-6-14-11(9)13(18)16-10(2)12(17)15-7-8-19-3/h9-11,14H,4-8H2,1-3H3,(H,15,17)(H,16,18). The highest BCUT2D eigenvalue weighted by Gasteiger charge is 2.29. The number of nitrogens with one attached hydrogen (secondary N) is 3. The number of ether oxygens (including phenoxy) is 1. The summed E-state index contributed by atoms with van der Waals surface area (Å²) in [5, 5.41) is 8.66. The second-order valence-corrected chi connectivity index (χ2v) is 5.07. The van der Waals surface area contributed by atoms with E-state index in [9.17, 15) is 9.59 Å². The van der Waals surface area contributed by atoms with E-state index >= 15 is 0 Å². The molecule has 1 aliphatic rings. The number of piperidine rings is 1. The summed E-state index contributed by atoms with van der Waals surface area (Å²) in [6.45, 7) is 5.52. The SMILES string of the molecule is COCCNC(=O)C(C)NC(=O)C1NCCCC1C. The lowest BCUT2D eigenvalue weighted by Crippen LogP contribution is -2.55. The Hall–Kier alpha value is -1.14. The van der Waals surface area contributed by atoms with Gasteiger partial charge in [-0.1, -0.05) is 6.92 Å². The summed E-state index contributed by atoms with van der Waals surface area (Å²) in [4.78, 5) is 23.8. The molecule has 0 bridgehead atoms. The molecule has 0 radical (unpaired) electrons. The Bertz CT molecular complexity index is 310. The number of carbonyl (C=O) groups excluding carboxylic acids is 2. The summed E-state index contributed by atoms with van der Waals surface area (Å²) in [7, 11) is 1.58. The van der Waals surface area contributed by atoms with Crippen LogP contribution in [0.15, 0.2) is 0 Å². The summed E-state index contributed by atoms with van der Waals surface area (Å²) in [5.41, 5.74) is 0. The van der Waals surface area contributed by atoms with E-state index in [0.717, 1.165) is 19.4 Å². The van der Waals surface area contributed by atoms with Crippen LogP contribution in [0.2, 0.25) is 0 Å². The maximum absolute atomic E-state index is 12.1. The van der Waals surface area contributed by atoms with Crippen molar-refractivity contribution in [3.05, 3.63) is 0 Å². The largest absolute Gasteiger partial charge is 0.383 e. The summed E-state index contributed by atoms with van der Waals surface area (Å²) in [5.74, 6) is 0.0213. The lowest BCUT2D eigenvalue weighted by molar-refractivity contribution is -0.130. The summed E-state index contributed by atoms with van der Waals surface area (Å²) >= 11 is 0. The molecular formula is C13H25N3O3. The zero-order valence-electron chi connectivity index (χ0n) is 12.0. The fourth-order valence-corrected chi connectivity index (χ4v) is 2.20. The summed E-state index contributed by atoms with van der Waals surface area (Å²) in [6, 6.07) is -0.719.